The highest BCUT2D eigenvalue weighted by Crippen LogP contribution is 2.24. The van der Waals surface area contributed by atoms with Crippen molar-refractivity contribution in [2.24, 2.45) is 0 Å². The molecule has 4 heteroatoms. The van der Waals surface area contributed by atoms with Crippen LogP contribution in [0.5, 0.6) is 0 Å². The van der Waals surface area contributed by atoms with Crippen LogP contribution in [0.4, 0.5) is 0 Å². The van der Waals surface area contributed by atoms with Gasteiger partial charge in [0.2, 0.25) is 0 Å². The summed E-state index contributed by atoms with van der Waals surface area (Å²) >= 11 is 5.99. The van der Waals surface area contributed by atoms with Crippen LogP contribution in [0.1, 0.15) is 18.9 Å². The van der Waals surface area contributed by atoms with Crippen LogP contribution in [-0.2, 0) is 6.54 Å². The average molecular weight is 246 g/mol. The van der Waals surface area contributed by atoms with Crippen LogP contribution >= 0.6 is 11.6 Å². The van der Waals surface area contributed by atoms with Crippen LogP contribution in [0.15, 0.2) is 30.5 Å². The molecule has 2 aromatic rings. The zero-order chi connectivity index (χ0) is 12.3. The summed E-state index contributed by atoms with van der Waals surface area (Å²) in [5.74, 6) is 0. The molecule has 0 saturated heterocycles. The van der Waals surface area contributed by atoms with Gasteiger partial charge in [0.1, 0.15) is 6.07 Å². The van der Waals surface area contributed by atoms with Crippen molar-refractivity contribution in [2.45, 2.75) is 19.9 Å². The van der Waals surface area contributed by atoms with Gasteiger partial charge in [-0.05, 0) is 24.6 Å². The van der Waals surface area contributed by atoms with E-state index in [0.717, 1.165) is 24.2 Å². The summed E-state index contributed by atoms with van der Waals surface area (Å²) in [6, 6.07) is 9.35. The second-order valence-corrected chi connectivity index (χ2v) is 4.18. The van der Waals surface area contributed by atoms with E-state index in [1.54, 1.807) is 12.1 Å². The molecule has 0 saturated carbocycles. The van der Waals surface area contributed by atoms with Crippen LogP contribution in [0, 0.1) is 11.3 Å². The Hall–Kier alpha value is -1.79. The predicted molar refractivity (Wildman–Crippen MR) is 67.7 cm³/mol. The molecule has 0 atom stereocenters. The molecule has 86 valence electrons. The van der Waals surface area contributed by atoms with Crippen LogP contribution in [0.25, 0.3) is 11.3 Å². The molecule has 0 fully saturated rings. The summed E-state index contributed by atoms with van der Waals surface area (Å²) in [5, 5.41) is 13.7. The minimum absolute atomic E-state index is 0.468. The number of aryl methyl sites for hydroxylation is 1. The average Bonchev–Trinajstić information content (AvgIpc) is 2.78. The smallest absolute Gasteiger partial charge is 0.101 e. The second kappa shape index (κ2) is 5.03. The number of hydrogen-bond donors (Lipinski definition) is 0. The Morgan fingerprint density at radius 2 is 2.24 bits per heavy atom. The van der Waals surface area contributed by atoms with Gasteiger partial charge < -0.3 is 0 Å². The number of hydrogen-bond acceptors (Lipinski definition) is 2. The van der Waals surface area contributed by atoms with Crippen molar-refractivity contribution < 1.29 is 0 Å². The fourth-order valence-electron chi connectivity index (χ4n) is 1.63. The van der Waals surface area contributed by atoms with E-state index in [4.69, 9.17) is 16.9 Å². The summed E-state index contributed by atoms with van der Waals surface area (Å²) in [7, 11) is 0. The minimum atomic E-state index is 0.468. The lowest BCUT2D eigenvalue weighted by atomic mass is 10.1. The third-order valence-electron chi connectivity index (χ3n) is 2.48. The molecule has 1 aromatic carbocycles. The van der Waals surface area contributed by atoms with E-state index in [-0.39, 0.29) is 0 Å². The van der Waals surface area contributed by atoms with Crippen molar-refractivity contribution in [3.8, 4) is 17.3 Å². The standard InChI is InChI=1S/C13H12ClN3/c1-2-6-17-7-5-13(16-17)10-3-4-11(9-15)12(14)8-10/h3-5,7-8H,2,6H2,1H3. The lowest BCUT2D eigenvalue weighted by molar-refractivity contribution is 0.604. The van der Waals surface area contributed by atoms with Crippen molar-refractivity contribution in [1.29, 1.82) is 5.26 Å². The summed E-state index contributed by atoms with van der Waals surface area (Å²) < 4.78 is 1.90. The topological polar surface area (TPSA) is 41.6 Å². The Balaban J connectivity index is 2.33. The van der Waals surface area contributed by atoms with Gasteiger partial charge in [0.15, 0.2) is 0 Å². The van der Waals surface area contributed by atoms with Gasteiger partial charge >= 0.3 is 0 Å². The largest absolute Gasteiger partial charge is 0.272 e. The second-order valence-electron chi connectivity index (χ2n) is 3.77. The number of rotatable bonds is 3. The summed E-state index contributed by atoms with van der Waals surface area (Å²) in [6.07, 6.45) is 3.00. The van der Waals surface area contributed by atoms with Gasteiger partial charge in [0, 0.05) is 18.3 Å². The lowest BCUT2D eigenvalue weighted by Crippen LogP contribution is -1.96. The molecule has 0 unspecified atom stereocenters. The zero-order valence-electron chi connectivity index (χ0n) is 9.52. The van der Waals surface area contributed by atoms with Crippen LogP contribution in [-0.4, -0.2) is 9.78 Å². The van der Waals surface area contributed by atoms with Gasteiger partial charge in [-0.15, -0.1) is 0 Å². The number of aromatic nitrogens is 2. The van der Waals surface area contributed by atoms with Gasteiger partial charge in [-0.25, -0.2) is 0 Å². The molecule has 0 aliphatic rings. The molecular formula is C13H12ClN3. The van der Waals surface area contributed by atoms with Crippen molar-refractivity contribution in [3.05, 3.63) is 41.0 Å². The third-order valence-corrected chi connectivity index (χ3v) is 2.79. The maximum Gasteiger partial charge on any atom is 0.101 e. The molecule has 3 nitrogen and oxygen atoms in total. The Labute approximate surface area is 105 Å². The molecule has 1 heterocycles. The molecular weight excluding hydrogens is 234 g/mol. The van der Waals surface area contributed by atoms with E-state index in [2.05, 4.69) is 12.0 Å². The zero-order valence-corrected chi connectivity index (χ0v) is 10.3. The Kier molecular flexibility index (Phi) is 3.46. The van der Waals surface area contributed by atoms with E-state index in [1.807, 2.05) is 29.1 Å². The summed E-state index contributed by atoms with van der Waals surface area (Å²) in [5.41, 5.74) is 2.30. The van der Waals surface area contributed by atoms with E-state index in [1.165, 1.54) is 0 Å². The third kappa shape index (κ3) is 2.48. The van der Waals surface area contributed by atoms with Crippen molar-refractivity contribution in [1.82, 2.24) is 9.78 Å². The fourth-order valence-corrected chi connectivity index (χ4v) is 1.86. The van der Waals surface area contributed by atoms with Gasteiger partial charge in [0.05, 0.1) is 16.3 Å². The van der Waals surface area contributed by atoms with E-state index in [0.29, 0.717) is 10.6 Å². The Bertz CT molecular complexity index is 566. The summed E-state index contributed by atoms with van der Waals surface area (Å²) in [6.45, 7) is 3.02. The van der Waals surface area contributed by atoms with Gasteiger partial charge in [-0.1, -0.05) is 24.6 Å². The molecule has 0 amide bonds. The van der Waals surface area contributed by atoms with E-state index < -0.39 is 0 Å². The molecule has 0 radical (unpaired) electrons. The van der Waals surface area contributed by atoms with Gasteiger partial charge in [0.25, 0.3) is 0 Å². The number of nitrogens with zero attached hydrogens (tertiary/aromatic N) is 3. The molecule has 0 aliphatic heterocycles. The number of nitriles is 1. The first kappa shape index (κ1) is 11.7. The van der Waals surface area contributed by atoms with E-state index >= 15 is 0 Å². The Morgan fingerprint density at radius 3 is 2.88 bits per heavy atom. The van der Waals surface area contributed by atoms with Crippen molar-refractivity contribution in [2.75, 3.05) is 0 Å². The highest BCUT2D eigenvalue weighted by atomic mass is 35.5. The quantitative estimate of drug-likeness (QED) is 0.831. The van der Waals surface area contributed by atoms with E-state index in [9.17, 15) is 0 Å². The van der Waals surface area contributed by atoms with Gasteiger partial charge in [-0.3, -0.25) is 4.68 Å². The molecule has 0 N–H and O–H groups in total. The number of halogens is 1. The SMILES string of the molecule is CCCn1ccc(-c2ccc(C#N)c(Cl)c2)n1. The van der Waals surface area contributed by atoms with Gasteiger partial charge in [-0.2, -0.15) is 10.4 Å². The monoisotopic (exact) mass is 245 g/mol. The highest BCUT2D eigenvalue weighted by Gasteiger charge is 2.05. The molecule has 2 rings (SSSR count). The Morgan fingerprint density at radius 1 is 1.41 bits per heavy atom. The predicted octanol–water partition coefficient (Wildman–Crippen LogP) is 3.49. The summed E-state index contributed by atoms with van der Waals surface area (Å²) in [4.78, 5) is 0. The van der Waals surface area contributed by atoms with Crippen LogP contribution in [0.2, 0.25) is 5.02 Å². The normalized spacial score (nSPS) is 10.2. The fraction of sp³-hybridized carbons (Fsp3) is 0.231. The van der Waals surface area contributed by atoms with Crippen molar-refractivity contribution >= 4 is 11.6 Å². The number of benzene rings is 1. The molecule has 0 aliphatic carbocycles. The first-order valence-corrected chi connectivity index (χ1v) is 5.86. The molecule has 17 heavy (non-hydrogen) atoms. The first-order valence-electron chi connectivity index (χ1n) is 5.48. The minimum Gasteiger partial charge on any atom is -0.272 e. The first-order chi connectivity index (χ1) is 8.24. The lowest BCUT2D eigenvalue weighted by Gasteiger charge is -2.00. The molecule has 0 spiro atoms. The maximum atomic E-state index is 8.80. The van der Waals surface area contributed by atoms with Crippen molar-refractivity contribution in [3.63, 3.8) is 0 Å². The highest BCUT2D eigenvalue weighted by molar-refractivity contribution is 6.32. The van der Waals surface area contributed by atoms with Crippen LogP contribution in [0.3, 0.4) is 0 Å². The molecule has 1 aromatic heterocycles. The molecule has 0 bridgehead atoms. The van der Waals surface area contributed by atoms with Crippen LogP contribution < -0.4 is 0 Å². The maximum absolute atomic E-state index is 8.80.